The second-order valence-corrected chi connectivity index (χ2v) is 7.75. The lowest BCUT2D eigenvalue weighted by atomic mass is 9.85. The Morgan fingerprint density at radius 3 is 3.00 bits per heavy atom. The summed E-state index contributed by atoms with van der Waals surface area (Å²) < 4.78 is 1.49. The largest absolute Gasteiger partial charge is 0.396 e. The van der Waals surface area contributed by atoms with Crippen LogP contribution in [-0.2, 0) is 0 Å². The van der Waals surface area contributed by atoms with E-state index in [2.05, 4.69) is 10.3 Å². The van der Waals surface area contributed by atoms with Crippen molar-refractivity contribution in [1.82, 2.24) is 14.7 Å². The first-order chi connectivity index (χ1) is 10.9. The van der Waals surface area contributed by atoms with E-state index in [-0.39, 0.29) is 29.2 Å². The number of hydrogen-bond acceptors (Lipinski definition) is 5. The van der Waals surface area contributed by atoms with Gasteiger partial charge < -0.3 is 10.4 Å². The molecule has 0 spiro atoms. The maximum absolute atomic E-state index is 12.6. The van der Waals surface area contributed by atoms with Crippen molar-refractivity contribution in [3.05, 3.63) is 32.7 Å². The van der Waals surface area contributed by atoms with Crippen LogP contribution in [0.15, 0.2) is 11.0 Å². The van der Waals surface area contributed by atoms with Crippen LogP contribution in [0.25, 0.3) is 4.96 Å². The number of aryl methyl sites for hydroxylation is 2. The number of amides is 1. The molecule has 6 nitrogen and oxygen atoms in total. The third-order valence-electron chi connectivity index (χ3n) is 5.01. The number of aliphatic hydroxyl groups excluding tert-OH is 1. The van der Waals surface area contributed by atoms with Gasteiger partial charge >= 0.3 is 0 Å². The molecule has 0 radical (unpaired) electrons. The zero-order valence-electron chi connectivity index (χ0n) is 13.5. The quantitative estimate of drug-likeness (QED) is 0.893. The van der Waals surface area contributed by atoms with Crippen LogP contribution in [0.1, 0.15) is 47.1 Å². The van der Waals surface area contributed by atoms with Gasteiger partial charge in [0.1, 0.15) is 5.56 Å². The van der Waals surface area contributed by atoms with Crippen molar-refractivity contribution in [3.63, 3.8) is 0 Å². The van der Waals surface area contributed by atoms with Gasteiger partial charge in [-0.25, -0.2) is 4.98 Å². The Kier molecular flexibility index (Phi) is 4.01. The standard InChI is InChI=1S/C16H21N3O3S/c1-9-10(2)23-15-17-7-11(14(22)19(9)15)13(21)18-12-5-4-6-16(12,3)8-20/h7,12,20H,4-6,8H2,1-3H3,(H,18,21)/t12-,16-/m1/s1. The number of rotatable bonds is 3. The molecule has 1 aliphatic carbocycles. The van der Waals surface area contributed by atoms with Crippen LogP contribution >= 0.6 is 11.3 Å². The molecule has 2 aromatic rings. The van der Waals surface area contributed by atoms with Crippen LogP contribution in [-0.4, -0.2) is 33.0 Å². The summed E-state index contributed by atoms with van der Waals surface area (Å²) in [6.07, 6.45) is 4.00. The number of aromatic nitrogens is 2. The first-order valence-electron chi connectivity index (χ1n) is 7.77. The van der Waals surface area contributed by atoms with Crippen molar-refractivity contribution in [2.45, 2.75) is 46.1 Å². The van der Waals surface area contributed by atoms with E-state index in [0.717, 1.165) is 29.8 Å². The van der Waals surface area contributed by atoms with Gasteiger partial charge in [-0.15, -0.1) is 11.3 Å². The van der Waals surface area contributed by atoms with Gasteiger partial charge in [-0.3, -0.25) is 14.0 Å². The highest BCUT2D eigenvalue weighted by Gasteiger charge is 2.39. The van der Waals surface area contributed by atoms with Gasteiger partial charge in [-0.2, -0.15) is 0 Å². The number of thiazole rings is 1. The number of hydrogen-bond donors (Lipinski definition) is 2. The molecule has 2 N–H and O–H groups in total. The Morgan fingerprint density at radius 1 is 1.57 bits per heavy atom. The first-order valence-corrected chi connectivity index (χ1v) is 8.58. The van der Waals surface area contributed by atoms with Crippen LogP contribution in [0.2, 0.25) is 0 Å². The molecule has 3 rings (SSSR count). The molecule has 124 valence electrons. The minimum atomic E-state index is -0.410. The Labute approximate surface area is 138 Å². The summed E-state index contributed by atoms with van der Waals surface area (Å²) in [6.45, 7) is 5.77. The minimum Gasteiger partial charge on any atom is -0.396 e. The summed E-state index contributed by atoms with van der Waals surface area (Å²) >= 11 is 1.44. The Bertz CT molecular complexity index is 826. The van der Waals surface area contributed by atoms with Crippen LogP contribution in [0.4, 0.5) is 0 Å². The van der Waals surface area contributed by atoms with E-state index in [0.29, 0.717) is 4.96 Å². The highest BCUT2D eigenvalue weighted by Crippen LogP contribution is 2.37. The number of aliphatic hydroxyl groups is 1. The molecule has 1 saturated carbocycles. The summed E-state index contributed by atoms with van der Waals surface area (Å²) in [7, 11) is 0. The number of carbonyl (C=O) groups is 1. The number of fused-ring (bicyclic) bond motifs is 1. The van der Waals surface area contributed by atoms with Crippen molar-refractivity contribution in [2.75, 3.05) is 6.61 Å². The lowest BCUT2D eigenvalue weighted by Crippen LogP contribution is -2.46. The van der Waals surface area contributed by atoms with Gasteiger partial charge in [0, 0.05) is 28.2 Å². The second kappa shape index (κ2) is 5.72. The van der Waals surface area contributed by atoms with E-state index in [4.69, 9.17) is 0 Å². The van der Waals surface area contributed by atoms with Crippen molar-refractivity contribution >= 4 is 22.2 Å². The van der Waals surface area contributed by atoms with Crippen molar-refractivity contribution < 1.29 is 9.90 Å². The summed E-state index contributed by atoms with van der Waals surface area (Å²) in [4.78, 5) is 31.0. The predicted octanol–water partition coefficient (Wildman–Crippen LogP) is 1.65. The fourth-order valence-electron chi connectivity index (χ4n) is 3.24. The molecule has 2 heterocycles. The normalized spacial score (nSPS) is 24.3. The van der Waals surface area contributed by atoms with Gasteiger partial charge in [-0.05, 0) is 26.7 Å². The minimum absolute atomic E-state index is 0.0248. The van der Waals surface area contributed by atoms with E-state index >= 15 is 0 Å². The lowest BCUT2D eigenvalue weighted by Gasteiger charge is -2.29. The third kappa shape index (κ3) is 2.57. The summed E-state index contributed by atoms with van der Waals surface area (Å²) in [5.41, 5.74) is 0.213. The molecule has 1 amide bonds. The summed E-state index contributed by atoms with van der Waals surface area (Å²) in [5.74, 6) is -0.410. The van der Waals surface area contributed by atoms with E-state index in [1.54, 1.807) is 0 Å². The molecule has 0 aromatic carbocycles. The van der Waals surface area contributed by atoms with Gasteiger partial charge in [-0.1, -0.05) is 13.3 Å². The van der Waals surface area contributed by atoms with Crippen LogP contribution in [0.3, 0.4) is 0 Å². The molecular weight excluding hydrogens is 314 g/mol. The second-order valence-electron chi connectivity index (χ2n) is 6.57. The highest BCUT2D eigenvalue weighted by atomic mass is 32.1. The zero-order valence-corrected chi connectivity index (χ0v) is 14.4. The van der Waals surface area contributed by atoms with E-state index in [9.17, 15) is 14.7 Å². The Morgan fingerprint density at radius 2 is 2.30 bits per heavy atom. The maximum Gasteiger partial charge on any atom is 0.271 e. The monoisotopic (exact) mass is 335 g/mol. The van der Waals surface area contributed by atoms with Gasteiger partial charge in [0.15, 0.2) is 4.96 Å². The van der Waals surface area contributed by atoms with Crippen LogP contribution in [0.5, 0.6) is 0 Å². The van der Waals surface area contributed by atoms with Crippen molar-refractivity contribution in [3.8, 4) is 0 Å². The molecular formula is C16H21N3O3S. The average Bonchev–Trinajstić information content (AvgIpc) is 3.02. The van der Waals surface area contributed by atoms with Gasteiger partial charge in [0.05, 0.1) is 6.61 Å². The van der Waals surface area contributed by atoms with Crippen molar-refractivity contribution in [1.29, 1.82) is 0 Å². The smallest absolute Gasteiger partial charge is 0.271 e. The Balaban J connectivity index is 1.94. The van der Waals surface area contributed by atoms with E-state index < -0.39 is 5.91 Å². The molecule has 1 fully saturated rings. The average molecular weight is 335 g/mol. The molecule has 23 heavy (non-hydrogen) atoms. The molecule has 0 unspecified atom stereocenters. The SMILES string of the molecule is Cc1sc2ncc(C(=O)N[C@@H]3CCC[C@]3(C)CO)c(=O)n2c1C. The lowest BCUT2D eigenvalue weighted by molar-refractivity contribution is 0.0828. The maximum atomic E-state index is 12.6. The number of carbonyl (C=O) groups excluding carboxylic acids is 1. The molecule has 0 bridgehead atoms. The molecule has 2 aromatic heterocycles. The zero-order chi connectivity index (χ0) is 16.8. The van der Waals surface area contributed by atoms with Crippen molar-refractivity contribution in [2.24, 2.45) is 5.41 Å². The van der Waals surface area contributed by atoms with Crippen LogP contribution < -0.4 is 10.9 Å². The first kappa shape index (κ1) is 16.1. The molecule has 0 aliphatic heterocycles. The number of nitrogens with one attached hydrogen (secondary N) is 1. The molecule has 1 aliphatic rings. The van der Waals surface area contributed by atoms with Gasteiger partial charge in [0.25, 0.3) is 11.5 Å². The fourth-order valence-corrected chi connectivity index (χ4v) is 4.17. The predicted molar refractivity (Wildman–Crippen MR) is 89.1 cm³/mol. The molecule has 0 saturated heterocycles. The fraction of sp³-hybridized carbons (Fsp3) is 0.562. The third-order valence-corrected chi connectivity index (χ3v) is 6.08. The topological polar surface area (TPSA) is 83.7 Å². The van der Waals surface area contributed by atoms with E-state index in [1.165, 1.54) is 21.9 Å². The molecule has 7 heteroatoms. The van der Waals surface area contributed by atoms with Crippen LogP contribution in [0, 0.1) is 19.3 Å². The number of nitrogens with zero attached hydrogens (tertiary/aromatic N) is 2. The van der Waals surface area contributed by atoms with Gasteiger partial charge in [0.2, 0.25) is 0 Å². The summed E-state index contributed by atoms with van der Waals surface area (Å²) in [6, 6.07) is -0.120. The highest BCUT2D eigenvalue weighted by molar-refractivity contribution is 7.17. The molecule has 2 atom stereocenters. The van der Waals surface area contributed by atoms with E-state index in [1.807, 2.05) is 20.8 Å². The summed E-state index contributed by atoms with van der Waals surface area (Å²) in [5, 5.41) is 12.5. The Hall–Kier alpha value is -1.73.